The summed E-state index contributed by atoms with van der Waals surface area (Å²) >= 11 is 0. The van der Waals surface area contributed by atoms with Gasteiger partial charge in [0.2, 0.25) is 11.8 Å². The van der Waals surface area contributed by atoms with E-state index in [9.17, 15) is 33.6 Å². The minimum Gasteiger partial charge on any atom is -0.465 e. The molecular formula is C50H61NO19. The summed E-state index contributed by atoms with van der Waals surface area (Å²) in [5.41, 5.74) is 2.46. The molecule has 2 saturated heterocycles. The summed E-state index contributed by atoms with van der Waals surface area (Å²) in [7, 11) is 2.43. The van der Waals surface area contributed by atoms with Crippen LogP contribution in [-0.2, 0) is 110 Å². The van der Waals surface area contributed by atoms with E-state index in [0.29, 0.717) is 4.90 Å². The number of esters is 5. The molecule has 2 aliphatic heterocycles. The molecule has 0 saturated carbocycles. The Balaban J connectivity index is 1.65. The average Bonchev–Trinajstić information content (AvgIpc) is 3.32. The molecular weight excluding hydrogens is 919 g/mol. The van der Waals surface area contributed by atoms with Gasteiger partial charge in [-0.25, -0.2) is 4.79 Å². The Morgan fingerprint density at radius 2 is 1.14 bits per heavy atom. The molecule has 0 radical (unpaired) electrons. The molecule has 11 atom stereocenters. The monoisotopic (exact) mass is 979 g/mol. The Bertz CT molecular complexity index is 2200. The second-order valence-electron chi connectivity index (χ2n) is 16.5. The van der Waals surface area contributed by atoms with Gasteiger partial charge in [0, 0.05) is 48.7 Å². The summed E-state index contributed by atoms with van der Waals surface area (Å²) in [4.78, 5) is 92.6. The fraction of sp³-hybridized carbons (Fsp3) is 0.500. The maximum Gasteiger partial charge on any atom is 0.366 e. The van der Waals surface area contributed by atoms with Crippen LogP contribution in [0.25, 0.3) is 0 Å². The summed E-state index contributed by atoms with van der Waals surface area (Å²) in [6.07, 6.45) is -13.4. The molecule has 380 valence electrons. The van der Waals surface area contributed by atoms with Gasteiger partial charge in [0.05, 0.1) is 40.0 Å². The first-order chi connectivity index (χ1) is 33.5. The first kappa shape index (κ1) is 54.8. The number of ether oxygens (including phenoxy) is 12. The number of nitrogens with zero attached hydrogens (tertiary/aromatic N) is 1. The van der Waals surface area contributed by atoms with E-state index >= 15 is 0 Å². The third-order valence-electron chi connectivity index (χ3n) is 11.2. The van der Waals surface area contributed by atoms with Crippen molar-refractivity contribution in [3.8, 4) is 0 Å². The second kappa shape index (κ2) is 26.2. The minimum atomic E-state index is -2.67. The van der Waals surface area contributed by atoms with Crippen molar-refractivity contribution >= 4 is 41.7 Å². The van der Waals surface area contributed by atoms with Crippen molar-refractivity contribution in [1.82, 2.24) is 4.90 Å². The molecule has 0 spiro atoms. The molecule has 0 aliphatic carbocycles. The number of imide groups is 1. The molecule has 0 N–H and O–H groups in total. The van der Waals surface area contributed by atoms with Gasteiger partial charge < -0.3 is 56.8 Å². The van der Waals surface area contributed by atoms with E-state index in [1.54, 1.807) is 0 Å². The number of carbonyl (C=O) groups excluding carboxylic acids is 7. The third kappa shape index (κ3) is 14.9. The number of rotatable bonds is 22. The highest BCUT2D eigenvalue weighted by molar-refractivity contribution is 5.93. The van der Waals surface area contributed by atoms with Crippen LogP contribution in [0.15, 0.2) is 91.0 Å². The molecule has 2 heterocycles. The first-order valence-corrected chi connectivity index (χ1v) is 22.5. The van der Waals surface area contributed by atoms with Crippen LogP contribution in [-0.4, -0.2) is 141 Å². The van der Waals surface area contributed by atoms with E-state index < -0.39 is 128 Å². The third-order valence-corrected chi connectivity index (χ3v) is 11.2. The summed E-state index contributed by atoms with van der Waals surface area (Å²) in [5.74, 6) is -9.38. The van der Waals surface area contributed by atoms with Gasteiger partial charge in [-0.3, -0.25) is 33.7 Å². The van der Waals surface area contributed by atoms with Gasteiger partial charge >= 0.3 is 29.8 Å². The van der Waals surface area contributed by atoms with Crippen LogP contribution in [0.5, 0.6) is 0 Å². The Morgan fingerprint density at radius 3 is 1.59 bits per heavy atom. The topological polar surface area (TPSA) is 233 Å². The molecule has 5 rings (SSSR count). The quantitative estimate of drug-likeness (QED) is 0.103. The SMILES string of the molecule is COC(=O)[C@@]1(OC[C@H]2O[C@H](OC)[C@H](OCc3ccccc3)[C@@H](OCc3ccccc3)[C@@H]2OCc2ccccc2)C[C@H](OC(C)=O)[C@@H](N(C(C)=O)C(C)=O)[C@H]([C@H](OC(C)=O)[C@@H](COC(C)=O)OC(C)=O)O1. The summed E-state index contributed by atoms with van der Waals surface area (Å²) < 4.78 is 73.1. The van der Waals surface area contributed by atoms with Crippen molar-refractivity contribution < 1.29 is 90.4 Å². The minimum absolute atomic E-state index is 0.0341. The normalized spacial score (nSPS) is 25.0. The Morgan fingerprint density at radius 1 is 0.643 bits per heavy atom. The van der Waals surface area contributed by atoms with Gasteiger partial charge in [-0.15, -0.1) is 0 Å². The van der Waals surface area contributed by atoms with Crippen LogP contribution in [0.2, 0.25) is 0 Å². The Kier molecular flexibility index (Phi) is 20.5. The second-order valence-corrected chi connectivity index (χ2v) is 16.5. The Hall–Kier alpha value is -6.13. The van der Waals surface area contributed by atoms with Crippen molar-refractivity contribution in [2.75, 3.05) is 27.4 Å². The largest absolute Gasteiger partial charge is 0.465 e. The van der Waals surface area contributed by atoms with E-state index in [0.717, 1.165) is 65.3 Å². The van der Waals surface area contributed by atoms with E-state index in [1.165, 1.54) is 7.11 Å². The van der Waals surface area contributed by atoms with Crippen LogP contribution in [0.1, 0.15) is 64.7 Å². The lowest BCUT2D eigenvalue weighted by Gasteiger charge is -2.51. The lowest BCUT2D eigenvalue weighted by molar-refractivity contribution is -0.350. The highest BCUT2D eigenvalue weighted by Crippen LogP contribution is 2.41. The molecule has 20 heteroatoms. The number of hydrogen-bond acceptors (Lipinski definition) is 19. The molecule has 0 unspecified atom stereocenters. The van der Waals surface area contributed by atoms with Gasteiger partial charge in [0.25, 0.3) is 5.79 Å². The zero-order valence-electron chi connectivity index (χ0n) is 40.4. The van der Waals surface area contributed by atoms with Gasteiger partial charge in [0.1, 0.15) is 49.3 Å². The molecule has 0 aromatic heterocycles. The van der Waals surface area contributed by atoms with E-state index in [-0.39, 0.29) is 19.8 Å². The predicted molar refractivity (Wildman–Crippen MR) is 241 cm³/mol. The van der Waals surface area contributed by atoms with E-state index in [2.05, 4.69) is 0 Å². The van der Waals surface area contributed by atoms with Crippen LogP contribution >= 0.6 is 0 Å². The number of benzene rings is 3. The first-order valence-electron chi connectivity index (χ1n) is 22.5. The molecule has 2 amide bonds. The predicted octanol–water partition coefficient (Wildman–Crippen LogP) is 3.91. The maximum absolute atomic E-state index is 14.4. The molecule has 2 aliphatic rings. The number of amides is 2. The van der Waals surface area contributed by atoms with Gasteiger partial charge in [-0.2, -0.15) is 0 Å². The van der Waals surface area contributed by atoms with Gasteiger partial charge in [0.15, 0.2) is 18.5 Å². The number of hydrogen-bond donors (Lipinski definition) is 0. The van der Waals surface area contributed by atoms with Gasteiger partial charge in [-0.1, -0.05) is 91.0 Å². The summed E-state index contributed by atoms with van der Waals surface area (Å²) in [6.45, 7) is 5.11. The molecule has 3 aromatic rings. The molecule has 3 aromatic carbocycles. The van der Waals surface area contributed by atoms with Crippen molar-refractivity contribution in [3.63, 3.8) is 0 Å². The molecule has 70 heavy (non-hydrogen) atoms. The average molecular weight is 980 g/mol. The van der Waals surface area contributed by atoms with Crippen molar-refractivity contribution in [2.24, 2.45) is 0 Å². The fourth-order valence-corrected chi connectivity index (χ4v) is 8.36. The van der Waals surface area contributed by atoms with Crippen LogP contribution in [0, 0.1) is 0 Å². The highest BCUT2D eigenvalue weighted by Gasteiger charge is 2.62. The molecule has 20 nitrogen and oxygen atoms in total. The van der Waals surface area contributed by atoms with E-state index in [1.807, 2.05) is 91.0 Å². The van der Waals surface area contributed by atoms with Crippen LogP contribution in [0.4, 0.5) is 0 Å². The Labute approximate surface area is 405 Å². The maximum atomic E-state index is 14.4. The van der Waals surface area contributed by atoms with Crippen molar-refractivity contribution in [3.05, 3.63) is 108 Å². The zero-order valence-corrected chi connectivity index (χ0v) is 40.4. The lowest BCUT2D eigenvalue weighted by Crippen LogP contribution is -2.71. The summed E-state index contributed by atoms with van der Waals surface area (Å²) in [5, 5.41) is 0. The fourth-order valence-electron chi connectivity index (χ4n) is 8.36. The number of carbonyl (C=O) groups is 7. The van der Waals surface area contributed by atoms with E-state index in [4.69, 9.17) is 56.8 Å². The standard InChI is InChI=1S/C50H61NO19/c1-30(52)51(31(2)53)42-39(66-33(4)55)24-50(49(58)60-8,70-45(42)44(68-35(6)57)40(67-34(5)56)28-61-32(3)54)65-29-41-43(62-25-36-18-12-9-13-19-36)46(63-26-37-20-14-10-15-21-37)47(48(59-7)69-41)64-27-38-22-16-11-17-23-38/h9-23,39-48H,24-29H2,1-8H3/t39-,40+,41+,42+,43+,44+,45+,46-,47+,48-,50+/m0/s1. The van der Waals surface area contributed by atoms with Crippen molar-refractivity contribution in [1.29, 1.82) is 0 Å². The lowest BCUT2D eigenvalue weighted by atomic mass is 9.86. The smallest absolute Gasteiger partial charge is 0.366 e. The summed E-state index contributed by atoms with van der Waals surface area (Å²) in [6, 6.07) is 26.3. The van der Waals surface area contributed by atoms with Crippen molar-refractivity contribution in [2.45, 2.75) is 135 Å². The van der Waals surface area contributed by atoms with Crippen LogP contribution < -0.4 is 0 Å². The highest BCUT2D eigenvalue weighted by atomic mass is 16.8. The van der Waals surface area contributed by atoms with Gasteiger partial charge in [-0.05, 0) is 16.7 Å². The molecule has 0 bridgehead atoms. The number of methoxy groups -OCH3 is 2. The zero-order chi connectivity index (χ0) is 51.0. The molecule has 2 fully saturated rings. The van der Waals surface area contributed by atoms with Crippen LogP contribution in [0.3, 0.4) is 0 Å².